The molecule has 0 amide bonds. The van der Waals surface area contributed by atoms with Crippen LogP contribution in [0.2, 0.25) is 0 Å². The van der Waals surface area contributed by atoms with Crippen LogP contribution in [0, 0.1) is 6.92 Å². The summed E-state index contributed by atoms with van der Waals surface area (Å²) >= 11 is 16.3. The predicted molar refractivity (Wildman–Crippen MR) is 89.4 cm³/mol. The van der Waals surface area contributed by atoms with Gasteiger partial charge in [0.15, 0.2) is 0 Å². The quantitative estimate of drug-likeness (QED) is 0.394. The van der Waals surface area contributed by atoms with Gasteiger partial charge in [-0.2, -0.15) is 0 Å². The third-order valence-corrected chi connectivity index (χ3v) is 7.16. The average Bonchev–Trinajstić information content (AvgIpc) is 2.69. The zero-order valence-electron chi connectivity index (χ0n) is 8.81. The minimum atomic E-state index is 0.197. The van der Waals surface area contributed by atoms with Crippen molar-refractivity contribution in [3.8, 4) is 0 Å². The first-order valence-electron chi connectivity index (χ1n) is 4.83. The second-order valence-electron chi connectivity index (χ2n) is 3.62. The Morgan fingerprint density at radius 1 is 1.06 bits per heavy atom. The van der Waals surface area contributed by atoms with Crippen molar-refractivity contribution in [2.75, 3.05) is 0 Å². The molecular formula is C12H8Br4S. The van der Waals surface area contributed by atoms with Gasteiger partial charge in [0.05, 0.1) is 4.83 Å². The molecule has 0 aliphatic carbocycles. The fourth-order valence-corrected chi connectivity index (χ4v) is 5.69. The highest BCUT2D eigenvalue weighted by molar-refractivity contribution is 9.11. The third-order valence-electron chi connectivity index (χ3n) is 2.43. The summed E-state index contributed by atoms with van der Waals surface area (Å²) in [5.41, 5.74) is 2.45. The summed E-state index contributed by atoms with van der Waals surface area (Å²) in [4.78, 5) is 1.48. The molecule has 17 heavy (non-hydrogen) atoms. The second-order valence-corrected chi connectivity index (χ2v) is 8.04. The van der Waals surface area contributed by atoms with E-state index >= 15 is 0 Å². The van der Waals surface area contributed by atoms with E-state index in [0.717, 1.165) is 13.4 Å². The van der Waals surface area contributed by atoms with Crippen molar-refractivity contribution in [2.45, 2.75) is 11.8 Å². The van der Waals surface area contributed by atoms with Crippen molar-refractivity contribution < 1.29 is 0 Å². The minimum Gasteiger partial charge on any atom is -0.146 e. The lowest BCUT2D eigenvalue weighted by atomic mass is 10.1. The predicted octanol–water partition coefficient (Wildman–Crippen LogP) is 6.83. The van der Waals surface area contributed by atoms with Gasteiger partial charge in [0.2, 0.25) is 0 Å². The molecule has 0 saturated carbocycles. The average molecular weight is 504 g/mol. The van der Waals surface area contributed by atoms with Crippen molar-refractivity contribution in [1.82, 2.24) is 0 Å². The molecule has 0 bridgehead atoms. The summed E-state index contributed by atoms with van der Waals surface area (Å²) in [7, 11) is 0. The fraction of sp³-hybridized carbons (Fsp3) is 0.167. The maximum Gasteiger partial charge on any atom is 0.0760 e. The van der Waals surface area contributed by atoms with Gasteiger partial charge in [0.25, 0.3) is 0 Å². The number of rotatable bonds is 2. The molecule has 0 spiro atoms. The van der Waals surface area contributed by atoms with E-state index in [4.69, 9.17) is 0 Å². The zero-order chi connectivity index (χ0) is 12.6. The molecule has 0 aliphatic rings. The van der Waals surface area contributed by atoms with E-state index in [0.29, 0.717) is 0 Å². The van der Waals surface area contributed by atoms with Gasteiger partial charge < -0.3 is 0 Å². The van der Waals surface area contributed by atoms with Gasteiger partial charge in [-0.05, 0) is 57.6 Å². The van der Waals surface area contributed by atoms with Crippen LogP contribution in [0.3, 0.4) is 0 Å². The van der Waals surface area contributed by atoms with Crippen molar-refractivity contribution in [3.63, 3.8) is 0 Å². The SMILES string of the molecule is Cc1cc(Br)c(C(Br)c2sccc2Br)cc1Br. The molecule has 1 heterocycles. The molecule has 0 aliphatic heterocycles. The summed E-state index contributed by atoms with van der Waals surface area (Å²) in [5.74, 6) is 0. The summed E-state index contributed by atoms with van der Waals surface area (Å²) in [5, 5.41) is 2.09. The van der Waals surface area contributed by atoms with E-state index in [9.17, 15) is 0 Å². The third kappa shape index (κ3) is 3.06. The van der Waals surface area contributed by atoms with E-state index < -0.39 is 0 Å². The Bertz CT molecular complexity index is 547. The van der Waals surface area contributed by atoms with Crippen molar-refractivity contribution in [3.05, 3.63) is 53.0 Å². The molecule has 0 fully saturated rings. The molecule has 0 radical (unpaired) electrons. The number of hydrogen-bond donors (Lipinski definition) is 0. The van der Waals surface area contributed by atoms with Crippen LogP contribution in [-0.4, -0.2) is 0 Å². The van der Waals surface area contributed by atoms with Gasteiger partial charge in [-0.1, -0.05) is 47.8 Å². The largest absolute Gasteiger partial charge is 0.146 e. The Balaban J connectivity index is 2.48. The van der Waals surface area contributed by atoms with Crippen LogP contribution in [0.1, 0.15) is 20.8 Å². The Labute approximate surface area is 138 Å². The first kappa shape index (κ1) is 14.3. The smallest absolute Gasteiger partial charge is 0.0760 e. The number of hydrogen-bond acceptors (Lipinski definition) is 1. The summed E-state index contributed by atoms with van der Waals surface area (Å²) < 4.78 is 3.40. The maximum absolute atomic E-state index is 3.76. The summed E-state index contributed by atoms with van der Waals surface area (Å²) in [6.45, 7) is 2.09. The highest BCUT2D eigenvalue weighted by Gasteiger charge is 2.18. The lowest BCUT2D eigenvalue weighted by molar-refractivity contribution is 1.18. The normalized spacial score (nSPS) is 12.8. The Hall–Kier alpha value is 0.840. The lowest BCUT2D eigenvalue weighted by Gasteiger charge is -2.13. The summed E-state index contributed by atoms with van der Waals surface area (Å²) in [6.07, 6.45) is 0. The van der Waals surface area contributed by atoms with E-state index in [2.05, 4.69) is 94.2 Å². The Kier molecular flexibility index (Phi) is 4.92. The Morgan fingerprint density at radius 2 is 1.76 bits per heavy atom. The van der Waals surface area contributed by atoms with Crippen LogP contribution in [-0.2, 0) is 0 Å². The van der Waals surface area contributed by atoms with Crippen molar-refractivity contribution in [2.24, 2.45) is 0 Å². The van der Waals surface area contributed by atoms with Crippen LogP contribution in [0.25, 0.3) is 0 Å². The molecule has 1 aromatic heterocycles. The highest BCUT2D eigenvalue weighted by Crippen LogP contribution is 2.42. The highest BCUT2D eigenvalue weighted by atomic mass is 79.9. The molecule has 1 aromatic carbocycles. The lowest BCUT2D eigenvalue weighted by Crippen LogP contribution is -1.93. The van der Waals surface area contributed by atoms with Gasteiger partial charge in [0.1, 0.15) is 0 Å². The van der Waals surface area contributed by atoms with Gasteiger partial charge in [-0.15, -0.1) is 11.3 Å². The van der Waals surface area contributed by atoms with E-state index in [-0.39, 0.29) is 4.83 Å². The van der Waals surface area contributed by atoms with Gasteiger partial charge in [-0.25, -0.2) is 0 Å². The van der Waals surface area contributed by atoms with Gasteiger partial charge >= 0.3 is 0 Å². The maximum atomic E-state index is 3.76. The van der Waals surface area contributed by atoms with Crippen LogP contribution in [0.4, 0.5) is 0 Å². The monoisotopic (exact) mass is 500 g/mol. The molecular weight excluding hydrogens is 496 g/mol. The van der Waals surface area contributed by atoms with E-state index in [1.54, 1.807) is 11.3 Å². The molecule has 90 valence electrons. The number of alkyl halides is 1. The molecule has 5 heteroatoms. The Morgan fingerprint density at radius 3 is 2.35 bits per heavy atom. The molecule has 2 rings (SSSR count). The van der Waals surface area contributed by atoms with Gasteiger partial charge in [0, 0.05) is 18.3 Å². The molecule has 0 nitrogen and oxygen atoms in total. The molecule has 0 N–H and O–H groups in total. The number of halogens is 4. The molecule has 2 aromatic rings. The van der Waals surface area contributed by atoms with Crippen LogP contribution in [0.5, 0.6) is 0 Å². The van der Waals surface area contributed by atoms with Crippen LogP contribution >= 0.6 is 75.1 Å². The topological polar surface area (TPSA) is 0 Å². The van der Waals surface area contributed by atoms with Crippen molar-refractivity contribution >= 4 is 75.1 Å². The number of aryl methyl sites for hydroxylation is 1. The molecule has 1 atom stereocenters. The van der Waals surface area contributed by atoms with Crippen LogP contribution in [0.15, 0.2) is 37.0 Å². The van der Waals surface area contributed by atoms with Gasteiger partial charge in [-0.3, -0.25) is 0 Å². The summed E-state index contributed by atoms with van der Waals surface area (Å²) in [6, 6.07) is 6.37. The fourth-order valence-electron chi connectivity index (χ4n) is 1.48. The minimum absolute atomic E-state index is 0.197. The van der Waals surface area contributed by atoms with E-state index in [1.165, 1.54) is 16.0 Å². The molecule has 0 saturated heterocycles. The van der Waals surface area contributed by atoms with E-state index in [1.807, 2.05) is 0 Å². The van der Waals surface area contributed by atoms with Crippen molar-refractivity contribution in [1.29, 1.82) is 0 Å². The number of benzene rings is 1. The molecule has 1 unspecified atom stereocenters. The zero-order valence-corrected chi connectivity index (χ0v) is 16.0. The second kappa shape index (κ2) is 5.87. The first-order valence-corrected chi connectivity index (χ1v) is 9.00. The van der Waals surface area contributed by atoms with Crippen LogP contribution < -0.4 is 0 Å². The number of thiophene rings is 1. The first-order chi connectivity index (χ1) is 8.00. The standard InChI is InChI=1S/C12H8Br4S/c1-6-4-10(15)7(5-9(6)14)11(16)12-8(13)2-3-17-12/h2-5,11H,1H3.